The topological polar surface area (TPSA) is 88.0 Å². The highest BCUT2D eigenvalue weighted by Gasteiger charge is 2.17. The van der Waals surface area contributed by atoms with E-state index in [1.807, 2.05) is 19.2 Å². The Balaban J connectivity index is 1.96. The molecular weight excluding hydrogens is 300 g/mol. The van der Waals surface area contributed by atoms with Gasteiger partial charge in [0.05, 0.1) is 18.3 Å². The van der Waals surface area contributed by atoms with E-state index in [0.717, 1.165) is 10.7 Å². The van der Waals surface area contributed by atoms with E-state index in [4.69, 9.17) is 5.11 Å². The maximum atomic E-state index is 12.1. The van der Waals surface area contributed by atoms with Crippen LogP contribution >= 0.6 is 11.3 Å². The second-order valence-corrected chi connectivity index (χ2v) is 6.20. The molecule has 2 rings (SSSR count). The first kappa shape index (κ1) is 16.5. The van der Waals surface area contributed by atoms with E-state index in [2.05, 4.69) is 20.3 Å². The minimum absolute atomic E-state index is 0.0180. The van der Waals surface area contributed by atoms with Gasteiger partial charge in [0.1, 0.15) is 10.7 Å². The van der Waals surface area contributed by atoms with E-state index >= 15 is 0 Å². The third kappa shape index (κ3) is 4.57. The number of amides is 1. The molecule has 2 aromatic heterocycles. The van der Waals surface area contributed by atoms with Gasteiger partial charge < -0.3 is 10.4 Å². The van der Waals surface area contributed by atoms with Crippen molar-refractivity contribution in [1.82, 2.24) is 20.3 Å². The van der Waals surface area contributed by atoms with E-state index in [9.17, 15) is 4.79 Å². The molecule has 0 fully saturated rings. The number of nitrogens with zero attached hydrogens (tertiary/aromatic N) is 3. The van der Waals surface area contributed by atoms with Gasteiger partial charge in [0.25, 0.3) is 0 Å². The highest BCUT2D eigenvalue weighted by molar-refractivity contribution is 7.13. The number of carbonyl (C=O) groups is 1. The quantitative estimate of drug-likeness (QED) is 0.810. The molecule has 0 bridgehead atoms. The Hall–Kier alpha value is -1.86. The number of aromatic nitrogens is 3. The van der Waals surface area contributed by atoms with E-state index in [-0.39, 0.29) is 30.9 Å². The lowest BCUT2D eigenvalue weighted by Gasteiger charge is -2.21. The maximum absolute atomic E-state index is 12.1. The van der Waals surface area contributed by atoms with Gasteiger partial charge in [-0.2, -0.15) is 0 Å². The lowest BCUT2D eigenvalue weighted by Crippen LogP contribution is -2.40. The third-order valence-electron chi connectivity index (χ3n) is 3.27. The average Bonchev–Trinajstić information content (AvgIpc) is 2.96. The molecule has 0 aliphatic carbocycles. The summed E-state index contributed by atoms with van der Waals surface area (Å²) in [4.78, 5) is 24.7. The van der Waals surface area contributed by atoms with Crippen LogP contribution in [-0.4, -0.2) is 38.6 Å². The van der Waals surface area contributed by atoms with Crippen LogP contribution in [0.15, 0.2) is 24.0 Å². The molecule has 6 nitrogen and oxygen atoms in total. The number of aliphatic hydroxyl groups is 1. The fraction of sp³-hybridized carbons (Fsp3) is 0.467. The number of rotatable bonds is 7. The molecule has 118 valence electrons. The van der Waals surface area contributed by atoms with Gasteiger partial charge in [-0.25, -0.2) is 4.98 Å². The van der Waals surface area contributed by atoms with Crippen molar-refractivity contribution in [3.63, 3.8) is 0 Å². The summed E-state index contributed by atoms with van der Waals surface area (Å²) < 4.78 is 0. The number of hydrogen-bond acceptors (Lipinski definition) is 6. The van der Waals surface area contributed by atoms with Crippen molar-refractivity contribution in [2.75, 3.05) is 6.61 Å². The van der Waals surface area contributed by atoms with Gasteiger partial charge in [0.15, 0.2) is 0 Å². The molecule has 7 heteroatoms. The van der Waals surface area contributed by atoms with E-state index in [0.29, 0.717) is 12.1 Å². The summed E-state index contributed by atoms with van der Waals surface area (Å²) in [5.74, 6) is 0.199. The summed E-state index contributed by atoms with van der Waals surface area (Å²) >= 11 is 1.45. The van der Waals surface area contributed by atoms with Gasteiger partial charge in [-0.3, -0.25) is 14.8 Å². The van der Waals surface area contributed by atoms with Crippen molar-refractivity contribution in [2.24, 2.45) is 5.92 Å². The van der Waals surface area contributed by atoms with Crippen LogP contribution in [-0.2, 0) is 11.2 Å². The lowest BCUT2D eigenvalue weighted by molar-refractivity contribution is -0.121. The van der Waals surface area contributed by atoms with Crippen LogP contribution in [0.5, 0.6) is 0 Å². The Morgan fingerprint density at radius 3 is 2.86 bits per heavy atom. The standard InChI is InChI=1S/C15H20N4O2S/c1-10(2)12(3-6-20)19-14(21)7-11-9-22-15(18-11)13-8-16-4-5-17-13/h4-5,8-10,12,20H,3,6-7H2,1-2H3,(H,19,21). The highest BCUT2D eigenvalue weighted by atomic mass is 32.1. The zero-order valence-corrected chi connectivity index (χ0v) is 13.5. The molecule has 22 heavy (non-hydrogen) atoms. The number of hydrogen-bond donors (Lipinski definition) is 2. The molecular formula is C15H20N4O2S. The Labute approximate surface area is 133 Å². The maximum Gasteiger partial charge on any atom is 0.226 e. The normalized spacial score (nSPS) is 12.4. The molecule has 0 saturated heterocycles. The molecule has 2 aromatic rings. The summed E-state index contributed by atoms with van der Waals surface area (Å²) in [6, 6.07) is -0.0180. The second kappa shape index (κ2) is 7.95. The van der Waals surface area contributed by atoms with Crippen molar-refractivity contribution in [3.8, 4) is 10.7 Å². The van der Waals surface area contributed by atoms with Gasteiger partial charge in [0, 0.05) is 30.4 Å². The van der Waals surface area contributed by atoms with Crippen LogP contribution in [0.4, 0.5) is 0 Å². The van der Waals surface area contributed by atoms with Crippen LogP contribution in [0, 0.1) is 5.92 Å². The van der Waals surface area contributed by atoms with Crippen LogP contribution < -0.4 is 5.32 Å². The van der Waals surface area contributed by atoms with Gasteiger partial charge in [-0.05, 0) is 12.3 Å². The zero-order valence-electron chi connectivity index (χ0n) is 12.7. The molecule has 0 aliphatic heterocycles. The fourth-order valence-corrected chi connectivity index (χ4v) is 2.83. The van der Waals surface area contributed by atoms with E-state index < -0.39 is 0 Å². The first-order chi connectivity index (χ1) is 10.6. The number of aliphatic hydroxyl groups excluding tert-OH is 1. The Morgan fingerprint density at radius 2 is 2.23 bits per heavy atom. The number of carbonyl (C=O) groups excluding carboxylic acids is 1. The molecule has 0 radical (unpaired) electrons. The summed E-state index contributed by atoms with van der Waals surface area (Å²) in [5, 5.41) is 14.6. The minimum atomic E-state index is -0.0804. The zero-order chi connectivity index (χ0) is 15.9. The molecule has 1 amide bonds. The third-order valence-corrected chi connectivity index (χ3v) is 4.18. The molecule has 0 spiro atoms. The van der Waals surface area contributed by atoms with Crippen molar-refractivity contribution < 1.29 is 9.90 Å². The molecule has 0 aromatic carbocycles. The monoisotopic (exact) mass is 320 g/mol. The van der Waals surface area contributed by atoms with Crippen LogP contribution in [0.1, 0.15) is 26.0 Å². The lowest BCUT2D eigenvalue weighted by atomic mass is 10.0. The van der Waals surface area contributed by atoms with Crippen molar-refractivity contribution in [2.45, 2.75) is 32.7 Å². The van der Waals surface area contributed by atoms with Crippen LogP contribution in [0.2, 0.25) is 0 Å². The predicted molar refractivity (Wildman–Crippen MR) is 85.3 cm³/mol. The van der Waals surface area contributed by atoms with Crippen LogP contribution in [0.3, 0.4) is 0 Å². The van der Waals surface area contributed by atoms with Crippen molar-refractivity contribution in [3.05, 3.63) is 29.7 Å². The number of thiazole rings is 1. The first-order valence-electron chi connectivity index (χ1n) is 7.21. The van der Waals surface area contributed by atoms with Gasteiger partial charge in [-0.1, -0.05) is 13.8 Å². The van der Waals surface area contributed by atoms with Crippen LogP contribution in [0.25, 0.3) is 10.7 Å². The first-order valence-corrected chi connectivity index (χ1v) is 8.09. The summed E-state index contributed by atoms with van der Waals surface area (Å²) in [5.41, 5.74) is 1.43. The van der Waals surface area contributed by atoms with Crippen molar-refractivity contribution in [1.29, 1.82) is 0 Å². The van der Waals surface area contributed by atoms with Gasteiger partial charge in [-0.15, -0.1) is 11.3 Å². The molecule has 0 saturated carbocycles. The molecule has 1 unspecified atom stereocenters. The van der Waals surface area contributed by atoms with E-state index in [1.54, 1.807) is 18.6 Å². The number of nitrogens with one attached hydrogen (secondary N) is 1. The van der Waals surface area contributed by atoms with E-state index in [1.165, 1.54) is 11.3 Å². The summed E-state index contributed by atoms with van der Waals surface area (Å²) in [6.07, 6.45) is 5.67. The summed E-state index contributed by atoms with van der Waals surface area (Å²) in [7, 11) is 0. The predicted octanol–water partition coefficient (Wildman–Crippen LogP) is 1.67. The summed E-state index contributed by atoms with van der Waals surface area (Å²) in [6.45, 7) is 4.11. The molecule has 1 atom stereocenters. The second-order valence-electron chi connectivity index (χ2n) is 5.34. The van der Waals surface area contributed by atoms with Crippen molar-refractivity contribution >= 4 is 17.2 Å². The molecule has 2 heterocycles. The Morgan fingerprint density at radius 1 is 1.41 bits per heavy atom. The minimum Gasteiger partial charge on any atom is -0.396 e. The molecule has 0 aliphatic rings. The Bertz CT molecular complexity index is 601. The fourth-order valence-electron chi connectivity index (χ4n) is 2.05. The largest absolute Gasteiger partial charge is 0.396 e. The Kier molecular flexibility index (Phi) is 5.97. The smallest absolute Gasteiger partial charge is 0.226 e. The highest BCUT2D eigenvalue weighted by Crippen LogP contribution is 2.21. The average molecular weight is 320 g/mol. The SMILES string of the molecule is CC(C)C(CCO)NC(=O)Cc1csc(-c2cnccn2)n1. The van der Waals surface area contributed by atoms with Gasteiger partial charge in [0.2, 0.25) is 5.91 Å². The van der Waals surface area contributed by atoms with Gasteiger partial charge >= 0.3 is 0 Å². The molecule has 2 N–H and O–H groups in total.